The Bertz CT molecular complexity index is 4370. The van der Waals surface area contributed by atoms with Crippen LogP contribution in [0.4, 0.5) is 17.1 Å². The number of hydrogen-bond acceptors (Lipinski definition) is 1. The lowest BCUT2D eigenvalue weighted by Gasteiger charge is -2.35. The third-order valence-electron chi connectivity index (χ3n) is 13.1. The molecule has 0 amide bonds. The van der Waals surface area contributed by atoms with E-state index in [9.17, 15) is 16.4 Å². The second-order valence-electron chi connectivity index (χ2n) is 17.1. The summed E-state index contributed by atoms with van der Waals surface area (Å²) in [6, 6.07) is 53.2. The molecule has 1 nitrogen and oxygen atoms in total. The highest BCUT2D eigenvalue weighted by Crippen LogP contribution is 2.57. The summed E-state index contributed by atoms with van der Waals surface area (Å²) >= 11 is 0. The maximum atomic E-state index is 9.98. The van der Waals surface area contributed by atoms with Gasteiger partial charge in [0.2, 0.25) is 0 Å². The fraction of sp³-hybridized carbons (Fsp3) is 0.0145. The lowest BCUT2D eigenvalue weighted by Crippen LogP contribution is -2.28. The Morgan fingerprint density at radius 1 is 0.429 bits per heavy atom. The van der Waals surface area contributed by atoms with Crippen molar-refractivity contribution in [3.63, 3.8) is 0 Å². The molecule has 11 aromatic rings. The monoisotopic (exact) mass is 903 g/mol. The van der Waals surface area contributed by atoms with E-state index < -0.39 is 94.7 Å². The van der Waals surface area contributed by atoms with E-state index >= 15 is 0 Å². The van der Waals surface area contributed by atoms with Crippen LogP contribution in [0.5, 0.6) is 0 Å². The molecule has 0 bridgehead atoms. The maximum absolute atomic E-state index is 9.98. The van der Waals surface area contributed by atoms with Gasteiger partial charge in [-0.25, -0.2) is 0 Å². The molecule has 1 aliphatic rings. The van der Waals surface area contributed by atoms with Crippen LogP contribution in [0.3, 0.4) is 0 Å². The van der Waals surface area contributed by atoms with Gasteiger partial charge in [0.15, 0.2) is 0 Å². The minimum absolute atomic E-state index is 0.00857. The summed E-state index contributed by atoms with van der Waals surface area (Å²) in [5.74, 6) is 0. The Kier molecular flexibility index (Phi) is 8.09. The van der Waals surface area contributed by atoms with Crippen LogP contribution in [0.1, 0.15) is 49.8 Å². The highest BCUT2D eigenvalue weighted by molar-refractivity contribution is 6.13. The first-order chi connectivity index (χ1) is 39.7. The maximum Gasteiger partial charge on any atom is 0.0714 e. The molecule has 0 aromatic heterocycles. The zero-order valence-corrected chi connectivity index (χ0v) is 37.9. The summed E-state index contributed by atoms with van der Waals surface area (Å²) in [5, 5.41) is 3.31. The van der Waals surface area contributed by atoms with E-state index in [1.165, 1.54) is 11.0 Å². The van der Waals surface area contributed by atoms with Crippen molar-refractivity contribution in [2.45, 2.75) is 5.41 Å². The Hall–Kier alpha value is -9.04. The molecule has 1 aliphatic carbocycles. The second-order valence-corrected chi connectivity index (χ2v) is 17.1. The van der Waals surface area contributed by atoms with E-state index in [4.69, 9.17) is 0 Å². The van der Waals surface area contributed by atoms with Crippen molar-refractivity contribution in [3.8, 4) is 33.4 Å². The van der Waals surface area contributed by atoms with Gasteiger partial charge in [0.25, 0.3) is 0 Å². The van der Waals surface area contributed by atoms with Crippen LogP contribution in [0.25, 0.3) is 66.6 Å². The van der Waals surface area contributed by atoms with Crippen molar-refractivity contribution in [2.24, 2.45) is 0 Å². The average molecular weight is 904 g/mol. The predicted octanol–water partition coefficient (Wildman–Crippen LogP) is 18.4. The number of nitrogens with zero attached hydrogens (tertiary/aromatic N) is 1. The van der Waals surface area contributed by atoms with E-state index in [0.29, 0.717) is 16.5 Å². The molecule has 0 fully saturated rings. The molecule has 0 N–H and O–H groups in total. The SMILES string of the molecule is [2H]c1c([2H])c(N(c2ccc3c(c2)C(c2ccccc2)(c2ccccc2)c2ccccc2-3)c2c([2H])c([2H])c(-c3c([2H])c([2H])c(-c4cc5ccccc5c5ccccc45)c([2H])c3[2H])c([2H])c2[2H])c([2H])c([2H])c1/C=C/C(=C\C=C)c1ccccc1. The van der Waals surface area contributed by atoms with Crippen molar-refractivity contribution in [2.75, 3.05) is 4.90 Å². The van der Waals surface area contributed by atoms with Gasteiger partial charge in [0.1, 0.15) is 0 Å². The number of fused-ring (bicyclic) bond motifs is 6. The highest BCUT2D eigenvalue weighted by Gasteiger charge is 2.46. The van der Waals surface area contributed by atoms with Crippen LogP contribution >= 0.6 is 0 Å². The standard InChI is InChI=1S/C69H49N/c1-2-18-50(51-19-6-3-7-20-51)34-31-49-32-41-58(42-33-49)70(60-45-46-65-64-29-16-17-30-67(64)69(68(65)48-60,56-22-8-4-9-23-56)57-24-10-5-11-25-57)59-43-39-53(40-44-59)52-35-37-54(38-36-52)66-47-55-21-12-13-26-61(55)62-27-14-15-28-63(62)66/h2-48H,1H2/b34-31+,50-18+/i32D,33D,35D,36D,37D,38D,39D,40D,41D,42D,43D,44D. The first-order valence-electron chi connectivity index (χ1n) is 29.1. The van der Waals surface area contributed by atoms with Crippen molar-refractivity contribution in [1.29, 1.82) is 0 Å². The lowest BCUT2D eigenvalue weighted by atomic mass is 9.67. The Morgan fingerprint density at radius 3 is 1.63 bits per heavy atom. The van der Waals surface area contributed by atoms with E-state index in [0.717, 1.165) is 55.1 Å². The smallest absolute Gasteiger partial charge is 0.0714 e. The quantitative estimate of drug-likeness (QED) is 0.0923. The fourth-order valence-corrected chi connectivity index (χ4v) is 10.0. The molecule has 12 rings (SSSR count). The minimum Gasteiger partial charge on any atom is -0.310 e. The highest BCUT2D eigenvalue weighted by atomic mass is 15.1. The van der Waals surface area contributed by atoms with Crippen molar-refractivity contribution >= 4 is 50.3 Å². The molecule has 11 aromatic carbocycles. The van der Waals surface area contributed by atoms with Gasteiger partial charge < -0.3 is 4.90 Å². The van der Waals surface area contributed by atoms with Crippen LogP contribution in [-0.4, -0.2) is 0 Å². The summed E-state index contributed by atoms with van der Waals surface area (Å²) in [6.45, 7) is 3.86. The Labute approximate surface area is 427 Å². The molecular weight excluding hydrogens is 843 g/mol. The molecule has 0 spiro atoms. The molecule has 0 heterocycles. The number of anilines is 3. The van der Waals surface area contributed by atoms with Crippen molar-refractivity contribution in [1.82, 2.24) is 0 Å². The summed E-state index contributed by atoms with van der Waals surface area (Å²) < 4.78 is 117. The number of hydrogen-bond donors (Lipinski definition) is 0. The number of rotatable bonds is 11. The van der Waals surface area contributed by atoms with Gasteiger partial charge >= 0.3 is 0 Å². The second kappa shape index (κ2) is 18.2. The summed E-state index contributed by atoms with van der Waals surface area (Å²) in [4.78, 5) is 1.26. The molecule has 0 radical (unpaired) electrons. The van der Waals surface area contributed by atoms with Gasteiger partial charge in [-0.2, -0.15) is 0 Å². The first-order valence-corrected chi connectivity index (χ1v) is 23.1. The molecule has 0 atom stereocenters. The fourth-order valence-electron chi connectivity index (χ4n) is 10.0. The van der Waals surface area contributed by atoms with E-state index in [1.54, 1.807) is 24.3 Å². The summed E-state index contributed by atoms with van der Waals surface area (Å²) in [5.41, 5.74) is 4.82. The van der Waals surface area contributed by atoms with Crippen LogP contribution in [0, 0.1) is 0 Å². The lowest BCUT2D eigenvalue weighted by molar-refractivity contribution is 0.768. The molecule has 1 heteroatoms. The van der Waals surface area contributed by atoms with Crippen LogP contribution in [0.15, 0.2) is 285 Å². The zero-order chi connectivity index (χ0) is 57.3. The van der Waals surface area contributed by atoms with E-state index in [1.807, 2.05) is 152 Å². The molecule has 0 unspecified atom stereocenters. The summed E-state index contributed by atoms with van der Waals surface area (Å²) in [7, 11) is 0. The summed E-state index contributed by atoms with van der Waals surface area (Å²) in [6.07, 6.45) is 6.58. The Morgan fingerprint density at radius 2 is 0.957 bits per heavy atom. The van der Waals surface area contributed by atoms with Gasteiger partial charge in [0, 0.05) is 17.1 Å². The van der Waals surface area contributed by atoms with Gasteiger partial charge in [-0.05, 0) is 136 Å². The van der Waals surface area contributed by atoms with E-state index in [-0.39, 0.29) is 22.5 Å². The normalized spacial score (nSPS) is 15.2. The first kappa shape index (κ1) is 31.1. The molecule has 70 heavy (non-hydrogen) atoms. The van der Waals surface area contributed by atoms with Gasteiger partial charge in [-0.1, -0.05) is 249 Å². The topological polar surface area (TPSA) is 3.24 Å². The van der Waals surface area contributed by atoms with Gasteiger partial charge in [-0.3, -0.25) is 0 Å². The Balaban J connectivity index is 1.11. The molecule has 0 saturated heterocycles. The van der Waals surface area contributed by atoms with Crippen LogP contribution in [-0.2, 0) is 5.41 Å². The van der Waals surface area contributed by atoms with Crippen LogP contribution < -0.4 is 4.90 Å². The van der Waals surface area contributed by atoms with Gasteiger partial charge in [-0.15, -0.1) is 0 Å². The number of benzene rings is 11. The molecular formula is C69H49N. The molecule has 0 aliphatic heterocycles. The third-order valence-corrected chi connectivity index (χ3v) is 13.1. The minimum atomic E-state index is -0.976. The third kappa shape index (κ3) is 7.46. The van der Waals surface area contributed by atoms with Crippen molar-refractivity contribution < 1.29 is 16.4 Å². The average Bonchev–Trinajstić information content (AvgIpc) is 3.58. The molecule has 330 valence electrons. The predicted molar refractivity (Wildman–Crippen MR) is 298 cm³/mol. The van der Waals surface area contributed by atoms with Gasteiger partial charge in [0.05, 0.1) is 21.9 Å². The largest absolute Gasteiger partial charge is 0.310 e. The zero-order valence-electron chi connectivity index (χ0n) is 49.9. The molecule has 0 saturated carbocycles. The van der Waals surface area contributed by atoms with Crippen LogP contribution in [0.2, 0.25) is 0 Å². The van der Waals surface area contributed by atoms with Crippen molar-refractivity contribution in [3.05, 3.63) is 319 Å². The van der Waals surface area contributed by atoms with E-state index in [2.05, 4.69) is 36.9 Å². The number of allylic oxidation sites excluding steroid dienone is 4.